The van der Waals surface area contributed by atoms with Crippen LogP contribution in [0.3, 0.4) is 0 Å². The van der Waals surface area contributed by atoms with Gasteiger partial charge in [-0.2, -0.15) is 4.98 Å². The Balaban J connectivity index is 1.56. The number of thiophene rings is 1. The van der Waals surface area contributed by atoms with Crippen LogP contribution in [-0.4, -0.2) is 25.1 Å². The lowest BCUT2D eigenvalue weighted by Gasteiger charge is -2.06. The molecule has 0 spiro atoms. The van der Waals surface area contributed by atoms with E-state index in [1.165, 1.54) is 29.5 Å². The van der Waals surface area contributed by atoms with Gasteiger partial charge in [0, 0.05) is 12.1 Å². The van der Waals surface area contributed by atoms with Gasteiger partial charge in [-0.25, -0.2) is 12.8 Å². The Kier molecular flexibility index (Phi) is 6.96. The summed E-state index contributed by atoms with van der Waals surface area (Å²) in [5, 5.41) is 4.25. The maximum absolute atomic E-state index is 13.8. The number of aryl methyl sites for hydroxylation is 1. The number of thioether (sulfide) groups is 1. The number of hydrogen-bond donors (Lipinski definition) is 1. The van der Waals surface area contributed by atoms with Crippen LogP contribution < -0.4 is 5.32 Å². The molecule has 0 unspecified atom stereocenters. The van der Waals surface area contributed by atoms with Gasteiger partial charge >= 0.3 is 0 Å². The summed E-state index contributed by atoms with van der Waals surface area (Å²) in [4.78, 5) is 17.4. The summed E-state index contributed by atoms with van der Waals surface area (Å²) >= 11 is 2.29. The van der Waals surface area contributed by atoms with Crippen LogP contribution in [0.1, 0.15) is 11.1 Å². The van der Waals surface area contributed by atoms with E-state index in [2.05, 4.69) is 10.3 Å². The van der Waals surface area contributed by atoms with Gasteiger partial charge in [-0.15, -0.1) is 11.3 Å². The van der Waals surface area contributed by atoms with Crippen molar-refractivity contribution in [1.29, 1.82) is 0 Å². The van der Waals surface area contributed by atoms with Crippen molar-refractivity contribution >= 4 is 38.8 Å². The molecule has 4 aromatic rings. The van der Waals surface area contributed by atoms with Gasteiger partial charge in [0.05, 0.1) is 15.5 Å². The maximum Gasteiger partial charge on any atom is 0.238 e. The monoisotopic (exact) mass is 502 g/mol. The number of hydrogen-bond acceptors (Lipinski definition) is 7. The molecule has 2 heterocycles. The number of rotatable bonds is 8. The van der Waals surface area contributed by atoms with Gasteiger partial charge < -0.3 is 9.73 Å². The van der Waals surface area contributed by atoms with Crippen LogP contribution in [0.5, 0.6) is 0 Å². The van der Waals surface area contributed by atoms with E-state index >= 15 is 0 Å². The molecule has 0 saturated carbocycles. The molecule has 2 aromatic heterocycles. The van der Waals surface area contributed by atoms with Crippen LogP contribution in [0, 0.1) is 12.7 Å². The lowest BCUT2D eigenvalue weighted by atomic mass is 10.2. The standard InChI is InChI=1S/C23H19FN2O4S3/c1-15-8-10-17(11-9-15)33(28,29)22-23(30-21(26-22)19-7-4-12-31-19)32-14-20(27)25-13-16-5-2-3-6-18(16)24/h2-12H,13-14H2,1H3,(H,25,27). The van der Waals surface area contributed by atoms with Crippen molar-refractivity contribution in [2.24, 2.45) is 0 Å². The summed E-state index contributed by atoms with van der Waals surface area (Å²) < 4.78 is 46.1. The summed E-state index contributed by atoms with van der Waals surface area (Å²) in [5.74, 6) is -0.752. The summed E-state index contributed by atoms with van der Waals surface area (Å²) in [6.45, 7) is 1.89. The number of nitrogens with one attached hydrogen (secondary N) is 1. The molecular weight excluding hydrogens is 483 g/mol. The molecule has 0 saturated heterocycles. The third kappa shape index (κ3) is 5.35. The van der Waals surface area contributed by atoms with Crippen molar-refractivity contribution in [3.63, 3.8) is 0 Å². The second-order valence-electron chi connectivity index (χ2n) is 7.06. The number of oxazole rings is 1. The number of benzene rings is 2. The fourth-order valence-corrected chi connectivity index (χ4v) is 5.91. The van der Waals surface area contributed by atoms with E-state index < -0.39 is 21.6 Å². The molecule has 6 nitrogen and oxygen atoms in total. The molecule has 10 heteroatoms. The van der Waals surface area contributed by atoms with Crippen molar-refractivity contribution in [3.8, 4) is 10.8 Å². The minimum atomic E-state index is -3.97. The minimum absolute atomic E-state index is 0.0252. The number of sulfone groups is 1. The zero-order chi connectivity index (χ0) is 23.4. The van der Waals surface area contributed by atoms with Crippen LogP contribution in [0.4, 0.5) is 4.39 Å². The van der Waals surface area contributed by atoms with E-state index in [0.717, 1.165) is 17.3 Å². The average Bonchev–Trinajstić information content (AvgIpc) is 3.48. The first kappa shape index (κ1) is 23.2. The second-order valence-corrected chi connectivity index (χ2v) is 10.8. The van der Waals surface area contributed by atoms with Crippen LogP contribution in [0.15, 0.2) is 85.5 Å². The first-order chi connectivity index (χ1) is 15.8. The van der Waals surface area contributed by atoms with Gasteiger partial charge in [0.15, 0.2) is 0 Å². The van der Waals surface area contributed by atoms with E-state index in [4.69, 9.17) is 4.42 Å². The van der Waals surface area contributed by atoms with E-state index in [1.807, 2.05) is 12.3 Å². The van der Waals surface area contributed by atoms with Crippen LogP contribution >= 0.6 is 23.1 Å². The largest absolute Gasteiger partial charge is 0.428 e. The molecule has 0 aliphatic heterocycles. The lowest BCUT2D eigenvalue weighted by Crippen LogP contribution is -2.25. The molecule has 4 rings (SSSR count). The molecule has 0 aliphatic rings. The van der Waals surface area contributed by atoms with Crippen LogP contribution in [0.25, 0.3) is 10.8 Å². The average molecular weight is 503 g/mol. The number of halogens is 1. The molecule has 0 radical (unpaired) electrons. The van der Waals surface area contributed by atoms with Crippen LogP contribution in [0.2, 0.25) is 0 Å². The molecule has 1 amide bonds. The molecule has 2 aromatic carbocycles. The first-order valence-corrected chi connectivity index (χ1v) is 13.2. The van der Waals surface area contributed by atoms with Gasteiger partial charge in [-0.3, -0.25) is 4.79 Å². The molecule has 0 aliphatic carbocycles. The molecule has 33 heavy (non-hydrogen) atoms. The van der Waals surface area contributed by atoms with Crippen molar-refractivity contribution in [3.05, 3.63) is 83.0 Å². The quantitative estimate of drug-likeness (QED) is 0.338. The number of aromatic nitrogens is 1. The SMILES string of the molecule is Cc1ccc(S(=O)(=O)c2nc(-c3cccs3)oc2SCC(=O)NCc2ccccc2F)cc1. The molecule has 0 atom stereocenters. The van der Waals surface area contributed by atoms with Crippen LogP contribution in [-0.2, 0) is 21.2 Å². The van der Waals surface area contributed by atoms with Crippen molar-refractivity contribution in [2.75, 3.05) is 5.75 Å². The zero-order valence-corrected chi connectivity index (χ0v) is 19.9. The minimum Gasteiger partial charge on any atom is -0.428 e. The number of amides is 1. The summed E-state index contributed by atoms with van der Waals surface area (Å²) in [6, 6.07) is 16.2. The second kappa shape index (κ2) is 9.90. The third-order valence-corrected chi connectivity index (χ3v) is 8.26. The highest BCUT2D eigenvalue weighted by Gasteiger charge is 2.29. The Morgan fingerprint density at radius 2 is 1.88 bits per heavy atom. The maximum atomic E-state index is 13.8. The van der Waals surface area contributed by atoms with E-state index in [9.17, 15) is 17.6 Å². The topological polar surface area (TPSA) is 89.3 Å². The Morgan fingerprint density at radius 1 is 1.12 bits per heavy atom. The number of nitrogens with zero attached hydrogens (tertiary/aromatic N) is 1. The number of carbonyl (C=O) groups excluding carboxylic acids is 1. The van der Waals surface area contributed by atoms with Gasteiger partial charge in [-0.05, 0) is 36.6 Å². The molecule has 170 valence electrons. The summed E-state index contributed by atoms with van der Waals surface area (Å²) in [5.41, 5.74) is 1.28. The van der Waals surface area contributed by atoms with Gasteiger partial charge in [0.2, 0.25) is 31.8 Å². The smallest absolute Gasteiger partial charge is 0.238 e. The fraction of sp³-hybridized carbons (Fsp3) is 0.130. The Hall–Kier alpha value is -2.95. The van der Waals surface area contributed by atoms with Crippen molar-refractivity contribution in [1.82, 2.24) is 10.3 Å². The molecular formula is C23H19FN2O4S3. The van der Waals surface area contributed by atoms with Crippen molar-refractivity contribution in [2.45, 2.75) is 28.5 Å². The predicted octanol–water partition coefficient (Wildman–Crippen LogP) is 5.09. The normalized spacial score (nSPS) is 11.5. The Labute approximate surface area is 198 Å². The third-order valence-electron chi connectivity index (χ3n) is 4.65. The highest BCUT2D eigenvalue weighted by atomic mass is 32.2. The van der Waals surface area contributed by atoms with E-state index in [1.54, 1.807) is 42.5 Å². The Bertz CT molecular complexity index is 1370. The van der Waals surface area contributed by atoms with Gasteiger partial charge in [0.25, 0.3) is 0 Å². The number of carbonyl (C=O) groups is 1. The highest BCUT2D eigenvalue weighted by Crippen LogP contribution is 2.36. The fourth-order valence-electron chi connectivity index (χ4n) is 2.91. The van der Waals surface area contributed by atoms with Gasteiger partial charge in [0.1, 0.15) is 5.82 Å². The highest BCUT2D eigenvalue weighted by molar-refractivity contribution is 8.00. The first-order valence-electron chi connectivity index (χ1n) is 9.84. The lowest BCUT2D eigenvalue weighted by molar-refractivity contribution is -0.118. The predicted molar refractivity (Wildman–Crippen MR) is 125 cm³/mol. The molecule has 1 N–H and O–H groups in total. The molecule has 0 fully saturated rings. The van der Waals surface area contributed by atoms with E-state index in [0.29, 0.717) is 10.4 Å². The van der Waals surface area contributed by atoms with E-state index in [-0.39, 0.29) is 33.2 Å². The molecule has 0 bridgehead atoms. The zero-order valence-electron chi connectivity index (χ0n) is 17.4. The summed E-state index contributed by atoms with van der Waals surface area (Å²) in [6.07, 6.45) is 0. The van der Waals surface area contributed by atoms with Gasteiger partial charge in [-0.1, -0.05) is 53.7 Å². The summed E-state index contributed by atoms with van der Waals surface area (Å²) in [7, 11) is -3.97. The van der Waals surface area contributed by atoms with Crippen molar-refractivity contribution < 1.29 is 22.0 Å². The Morgan fingerprint density at radius 3 is 2.58 bits per heavy atom.